The Labute approximate surface area is 58.7 Å². The van der Waals surface area contributed by atoms with Gasteiger partial charge in [0.2, 0.25) is 0 Å². The van der Waals surface area contributed by atoms with Crippen molar-refractivity contribution in [3.63, 3.8) is 0 Å². The molecule has 0 aliphatic heterocycles. The van der Waals surface area contributed by atoms with Gasteiger partial charge in [-0.3, -0.25) is 0 Å². The van der Waals surface area contributed by atoms with Gasteiger partial charge >= 0.3 is 0 Å². The lowest BCUT2D eigenvalue weighted by molar-refractivity contribution is -0.107. The Morgan fingerprint density at radius 1 is 1.57 bits per heavy atom. The highest BCUT2D eigenvalue weighted by Crippen LogP contribution is 2.04. The second-order valence-electron chi connectivity index (χ2n) is 1.02. The average molecular weight is 231 g/mol. The lowest BCUT2D eigenvalue weighted by Crippen LogP contribution is -2.24. The number of carbonyl (C=O) groups excluding carboxylic acids is 1. The van der Waals surface area contributed by atoms with Crippen LogP contribution in [0.5, 0.6) is 0 Å². The van der Waals surface area contributed by atoms with E-state index in [1.807, 2.05) is 0 Å². The summed E-state index contributed by atoms with van der Waals surface area (Å²) >= 11 is 6.00. The molecule has 0 aromatic rings. The fourth-order valence-electron chi connectivity index (χ4n) is 0.0751. The van der Waals surface area contributed by atoms with Crippen LogP contribution >= 0.6 is 31.9 Å². The SMILES string of the molecule is NC(Br)C(Br)C=O. The average Bonchev–Trinajstić information content (AvgIpc) is 1.65. The van der Waals surface area contributed by atoms with E-state index in [0.717, 1.165) is 6.29 Å². The molecule has 2 unspecified atom stereocenters. The first-order valence-corrected chi connectivity index (χ1v) is 3.50. The second-order valence-corrected chi connectivity index (χ2v) is 3.14. The van der Waals surface area contributed by atoms with Crippen LogP contribution in [0.25, 0.3) is 0 Å². The van der Waals surface area contributed by atoms with E-state index in [4.69, 9.17) is 5.73 Å². The van der Waals surface area contributed by atoms with Crippen molar-refractivity contribution in [3.05, 3.63) is 0 Å². The minimum atomic E-state index is -0.273. The van der Waals surface area contributed by atoms with Crippen LogP contribution in [0, 0.1) is 0 Å². The Bertz CT molecular complexity index is 66.0. The lowest BCUT2D eigenvalue weighted by atomic mass is 10.5. The number of alkyl halides is 2. The van der Waals surface area contributed by atoms with Crippen molar-refractivity contribution in [3.8, 4) is 0 Å². The van der Waals surface area contributed by atoms with Crippen LogP contribution < -0.4 is 5.73 Å². The summed E-state index contributed by atoms with van der Waals surface area (Å²) in [6.45, 7) is 0. The highest BCUT2D eigenvalue weighted by Gasteiger charge is 2.06. The summed E-state index contributed by atoms with van der Waals surface area (Å²) in [7, 11) is 0. The predicted molar refractivity (Wildman–Crippen MR) is 35.7 cm³/mol. The molecule has 0 heterocycles. The van der Waals surface area contributed by atoms with Gasteiger partial charge < -0.3 is 10.5 Å². The molecule has 0 aromatic heterocycles. The van der Waals surface area contributed by atoms with Gasteiger partial charge in [0.25, 0.3) is 0 Å². The number of aldehydes is 1. The third-order valence-electron chi connectivity index (χ3n) is 0.434. The molecule has 2 nitrogen and oxygen atoms in total. The van der Waals surface area contributed by atoms with Gasteiger partial charge in [-0.25, -0.2) is 0 Å². The fourth-order valence-corrected chi connectivity index (χ4v) is 0.200. The summed E-state index contributed by atoms with van der Waals surface area (Å²) in [6.07, 6.45) is 0.736. The van der Waals surface area contributed by atoms with Crippen LogP contribution in [0.1, 0.15) is 0 Å². The Balaban J connectivity index is 3.33. The number of halogens is 2. The molecule has 42 valence electrons. The maximum atomic E-state index is 9.79. The molecule has 0 bridgehead atoms. The van der Waals surface area contributed by atoms with Crippen LogP contribution in [0.15, 0.2) is 0 Å². The highest BCUT2D eigenvalue weighted by atomic mass is 79.9. The zero-order valence-electron chi connectivity index (χ0n) is 3.47. The molecule has 0 spiro atoms. The monoisotopic (exact) mass is 229 g/mol. The molecule has 4 heteroatoms. The van der Waals surface area contributed by atoms with E-state index < -0.39 is 0 Å². The van der Waals surface area contributed by atoms with Crippen LogP contribution in [0.4, 0.5) is 0 Å². The van der Waals surface area contributed by atoms with Crippen molar-refractivity contribution in [1.82, 2.24) is 0 Å². The van der Waals surface area contributed by atoms with E-state index >= 15 is 0 Å². The fraction of sp³-hybridized carbons (Fsp3) is 0.667. The molecule has 2 N–H and O–H groups in total. The first-order valence-electron chi connectivity index (χ1n) is 1.67. The minimum absolute atomic E-state index is 0.271. The van der Waals surface area contributed by atoms with Crippen molar-refractivity contribution >= 4 is 38.1 Å². The Morgan fingerprint density at radius 3 is 2.00 bits per heavy atom. The molecule has 0 saturated heterocycles. The minimum Gasteiger partial charge on any atom is -0.318 e. The van der Waals surface area contributed by atoms with Gasteiger partial charge in [-0.1, -0.05) is 31.9 Å². The van der Waals surface area contributed by atoms with Crippen LogP contribution in [-0.4, -0.2) is 16.1 Å². The molecule has 0 aliphatic carbocycles. The number of rotatable bonds is 2. The molecule has 0 amide bonds. The number of nitrogens with two attached hydrogens (primary N) is 1. The Morgan fingerprint density at radius 2 is 2.00 bits per heavy atom. The molecule has 0 aliphatic rings. The van der Waals surface area contributed by atoms with E-state index in [9.17, 15) is 4.79 Å². The van der Waals surface area contributed by atoms with Crippen LogP contribution in [0.3, 0.4) is 0 Å². The van der Waals surface area contributed by atoms with E-state index in [1.54, 1.807) is 0 Å². The molecule has 0 rings (SSSR count). The van der Waals surface area contributed by atoms with Crippen LogP contribution in [-0.2, 0) is 4.79 Å². The predicted octanol–water partition coefficient (Wildman–Crippen LogP) is 0.629. The summed E-state index contributed by atoms with van der Waals surface area (Å²) in [5.41, 5.74) is 5.18. The van der Waals surface area contributed by atoms with Gasteiger partial charge in [-0.15, -0.1) is 0 Å². The third kappa shape index (κ3) is 3.20. The molecule has 7 heavy (non-hydrogen) atoms. The van der Waals surface area contributed by atoms with Gasteiger partial charge in [-0.2, -0.15) is 0 Å². The van der Waals surface area contributed by atoms with E-state index in [1.165, 1.54) is 0 Å². The number of hydrogen-bond donors (Lipinski definition) is 1. The van der Waals surface area contributed by atoms with Crippen molar-refractivity contribution in [1.29, 1.82) is 0 Å². The standard InChI is InChI=1S/C3H5Br2NO/c4-2(1-7)3(5)6/h1-3H,6H2. The van der Waals surface area contributed by atoms with Crippen molar-refractivity contribution in [2.45, 2.75) is 9.78 Å². The molecule has 2 atom stereocenters. The quantitative estimate of drug-likeness (QED) is 0.430. The summed E-state index contributed by atoms with van der Waals surface area (Å²) in [5.74, 6) is 0. The highest BCUT2D eigenvalue weighted by molar-refractivity contribution is 9.12. The summed E-state index contributed by atoms with van der Waals surface area (Å²) < 4.78 is 0. The topological polar surface area (TPSA) is 43.1 Å². The first kappa shape index (κ1) is 7.59. The number of hydrogen-bond acceptors (Lipinski definition) is 2. The zero-order chi connectivity index (χ0) is 5.86. The molecular weight excluding hydrogens is 226 g/mol. The third-order valence-corrected chi connectivity index (χ3v) is 2.50. The lowest BCUT2D eigenvalue weighted by Gasteiger charge is -2.00. The van der Waals surface area contributed by atoms with Crippen molar-refractivity contribution in [2.24, 2.45) is 5.73 Å². The molecule has 0 fully saturated rings. The van der Waals surface area contributed by atoms with Gasteiger partial charge in [0.1, 0.15) is 6.29 Å². The van der Waals surface area contributed by atoms with E-state index in [0.29, 0.717) is 0 Å². The number of carbonyl (C=O) groups is 1. The maximum absolute atomic E-state index is 9.79. The van der Waals surface area contributed by atoms with Crippen molar-refractivity contribution < 1.29 is 4.79 Å². The van der Waals surface area contributed by atoms with Gasteiger partial charge in [-0.05, 0) is 0 Å². The summed E-state index contributed by atoms with van der Waals surface area (Å²) in [6, 6.07) is 0. The molecule has 0 saturated carbocycles. The summed E-state index contributed by atoms with van der Waals surface area (Å²) in [4.78, 5) is 9.25. The van der Waals surface area contributed by atoms with Crippen LogP contribution in [0.2, 0.25) is 0 Å². The molecular formula is C3H5Br2NO. The van der Waals surface area contributed by atoms with Gasteiger partial charge in [0, 0.05) is 0 Å². The van der Waals surface area contributed by atoms with Gasteiger partial charge in [0.05, 0.1) is 9.78 Å². The summed E-state index contributed by atoms with van der Waals surface area (Å²) in [5, 5.41) is 0. The second kappa shape index (κ2) is 3.57. The van der Waals surface area contributed by atoms with E-state index in [2.05, 4.69) is 31.9 Å². The molecule has 0 radical (unpaired) electrons. The zero-order valence-corrected chi connectivity index (χ0v) is 6.65. The largest absolute Gasteiger partial charge is 0.318 e. The maximum Gasteiger partial charge on any atom is 0.136 e. The first-order chi connectivity index (χ1) is 3.18. The van der Waals surface area contributed by atoms with Crippen molar-refractivity contribution in [2.75, 3.05) is 0 Å². The Hall–Kier alpha value is 0.590. The van der Waals surface area contributed by atoms with Gasteiger partial charge in [0.15, 0.2) is 0 Å². The smallest absolute Gasteiger partial charge is 0.136 e. The van der Waals surface area contributed by atoms with E-state index in [-0.39, 0.29) is 9.78 Å². The molecule has 0 aromatic carbocycles. The normalized spacial score (nSPS) is 18.1. The Kier molecular flexibility index (Phi) is 3.88.